The minimum absolute atomic E-state index is 0.0899. The van der Waals surface area contributed by atoms with Gasteiger partial charge in [-0.25, -0.2) is 0 Å². The Kier molecular flexibility index (Phi) is 5.96. The Balaban J connectivity index is 2.73. The van der Waals surface area contributed by atoms with E-state index in [1.54, 1.807) is 6.08 Å². The molecule has 2 N–H and O–H groups in total. The van der Waals surface area contributed by atoms with Gasteiger partial charge >= 0.3 is 0 Å². The Bertz CT molecular complexity index is 492. The Morgan fingerprint density at radius 2 is 2.11 bits per heavy atom. The van der Waals surface area contributed by atoms with Crippen LogP contribution in [0.1, 0.15) is 31.4 Å². The van der Waals surface area contributed by atoms with Crippen LogP contribution >= 0.6 is 0 Å². The molecular formula is C15H19NO3. The van der Waals surface area contributed by atoms with Crippen molar-refractivity contribution in [3.05, 3.63) is 41.5 Å². The van der Waals surface area contributed by atoms with Gasteiger partial charge in [0.1, 0.15) is 6.61 Å². The number of carbonyl (C=O) groups excluding carboxylic acids is 2. The molecule has 1 rings (SSSR count). The zero-order valence-corrected chi connectivity index (χ0v) is 11.3. The van der Waals surface area contributed by atoms with Crippen LogP contribution in [0.15, 0.2) is 30.3 Å². The third-order valence-electron chi connectivity index (χ3n) is 2.62. The van der Waals surface area contributed by atoms with Gasteiger partial charge in [0, 0.05) is 6.42 Å². The zero-order chi connectivity index (χ0) is 14.3. The molecule has 0 atom stereocenters. The molecule has 19 heavy (non-hydrogen) atoms. The molecule has 0 heterocycles. The minimum Gasteiger partial charge on any atom is -0.368 e. The Hall–Kier alpha value is -1.94. The first-order chi connectivity index (χ1) is 9.02. The monoisotopic (exact) mass is 261 g/mol. The summed E-state index contributed by atoms with van der Waals surface area (Å²) >= 11 is 0. The molecule has 4 nitrogen and oxygen atoms in total. The molecule has 1 aromatic rings. The predicted octanol–water partition coefficient (Wildman–Crippen LogP) is 2.07. The molecular weight excluding hydrogens is 242 g/mol. The van der Waals surface area contributed by atoms with E-state index in [4.69, 9.17) is 10.5 Å². The molecule has 0 saturated heterocycles. The van der Waals surface area contributed by atoms with E-state index in [9.17, 15) is 9.59 Å². The lowest BCUT2D eigenvalue weighted by molar-refractivity contribution is -0.122. The number of ether oxygens (including phenoxy) is 1. The van der Waals surface area contributed by atoms with Crippen LogP contribution < -0.4 is 5.73 Å². The van der Waals surface area contributed by atoms with Crippen LogP contribution in [0.4, 0.5) is 0 Å². The summed E-state index contributed by atoms with van der Waals surface area (Å²) in [5.74, 6) is -0.381. The number of primary amides is 1. The summed E-state index contributed by atoms with van der Waals surface area (Å²) < 4.78 is 5.16. The number of carbonyl (C=O) groups is 2. The Morgan fingerprint density at radius 3 is 2.74 bits per heavy atom. The van der Waals surface area contributed by atoms with Crippen molar-refractivity contribution in [3.63, 3.8) is 0 Å². The van der Waals surface area contributed by atoms with E-state index < -0.39 is 5.91 Å². The van der Waals surface area contributed by atoms with Gasteiger partial charge in [0.05, 0.1) is 6.61 Å². The number of nitrogens with two attached hydrogens (primary N) is 1. The SMILES string of the molecule is CCC(=O)/C=C(\C)c1cccc(COCC(N)=O)c1. The van der Waals surface area contributed by atoms with E-state index in [0.29, 0.717) is 13.0 Å². The lowest BCUT2D eigenvalue weighted by atomic mass is 10.0. The normalized spacial score (nSPS) is 11.4. The topological polar surface area (TPSA) is 69.4 Å². The average molecular weight is 261 g/mol. The van der Waals surface area contributed by atoms with Crippen LogP contribution in [-0.2, 0) is 20.9 Å². The summed E-state index contributed by atoms with van der Waals surface area (Å²) in [7, 11) is 0. The number of hydrogen-bond donors (Lipinski definition) is 1. The first-order valence-electron chi connectivity index (χ1n) is 6.19. The van der Waals surface area contributed by atoms with E-state index >= 15 is 0 Å². The summed E-state index contributed by atoms with van der Waals surface area (Å²) in [5.41, 5.74) is 7.83. The van der Waals surface area contributed by atoms with E-state index in [0.717, 1.165) is 16.7 Å². The van der Waals surface area contributed by atoms with Crippen molar-refractivity contribution in [1.29, 1.82) is 0 Å². The fourth-order valence-electron chi connectivity index (χ4n) is 1.60. The summed E-state index contributed by atoms with van der Waals surface area (Å²) in [6, 6.07) is 7.67. The van der Waals surface area contributed by atoms with Crippen molar-refractivity contribution in [2.75, 3.05) is 6.61 Å². The third-order valence-corrected chi connectivity index (χ3v) is 2.62. The van der Waals surface area contributed by atoms with Crippen LogP contribution in [0.5, 0.6) is 0 Å². The molecule has 0 unspecified atom stereocenters. The molecule has 0 aliphatic carbocycles. The summed E-state index contributed by atoms with van der Waals surface area (Å²) in [5, 5.41) is 0. The van der Waals surface area contributed by atoms with Gasteiger partial charge < -0.3 is 10.5 Å². The lowest BCUT2D eigenvalue weighted by Crippen LogP contribution is -2.17. The third kappa shape index (κ3) is 5.48. The Morgan fingerprint density at radius 1 is 1.37 bits per heavy atom. The molecule has 4 heteroatoms. The van der Waals surface area contributed by atoms with Crippen LogP contribution in [0.25, 0.3) is 5.57 Å². The molecule has 0 aliphatic heterocycles. The van der Waals surface area contributed by atoms with E-state index in [1.807, 2.05) is 38.1 Å². The van der Waals surface area contributed by atoms with Crippen LogP contribution in [0, 0.1) is 0 Å². The second kappa shape index (κ2) is 7.48. The van der Waals surface area contributed by atoms with E-state index in [-0.39, 0.29) is 12.4 Å². The smallest absolute Gasteiger partial charge is 0.243 e. The second-order valence-electron chi connectivity index (χ2n) is 4.31. The maximum atomic E-state index is 11.4. The fraction of sp³-hybridized carbons (Fsp3) is 0.333. The predicted molar refractivity (Wildman–Crippen MR) is 74.2 cm³/mol. The molecule has 1 amide bonds. The van der Waals surface area contributed by atoms with Crippen molar-refractivity contribution >= 4 is 17.3 Å². The molecule has 0 saturated carbocycles. The minimum atomic E-state index is -0.485. The van der Waals surface area contributed by atoms with Gasteiger partial charge in [-0.3, -0.25) is 9.59 Å². The highest BCUT2D eigenvalue weighted by atomic mass is 16.5. The molecule has 0 radical (unpaired) electrons. The van der Waals surface area contributed by atoms with Gasteiger partial charge in [-0.1, -0.05) is 25.1 Å². The van der Waals surface area contributed by atoms with Gasteiger partial charge in [-0.2, -0.15) is 0 Å². The fourth-order valence-corrected chi connectivity index (χ4v) is 1.60. The maximum absolute atomic E-state index is 11.4. The van der Waals surface area contributed by atoms with Crippen LogP contribution in [0.3, 0.4) is 0 Å². The van der Waals surface area contributed by atoms with Crippen molar-refractivity contribution in [2.24, 2.45) is 5.73 Å². The summed E-state index contributed by atoms with van der Waals surface area (Å²) in [6.45, 7) is 3.97. The Labute approximate surface area is 113 Å². The molecule has 102 valence electrons. The maximum Gasteiger partial charge on any atom is 0.243 e. The van der Waals surface area contributed by atoms with Crippen molar-refractivity contribution in [1.82, 2.24) is 0 Å². The van der Waals surface area contributed by atoms with Crippen LogP contribution in [0.2, 0.25) is 0 Å². The van der Waals surface area contributed by atoms with Crippen LogP contribution in [-0.4, -0.2) is 18.3 Å². The van der Waals surface area contributed by atoms with E-state index in [1.165, 1.54) is 0 Å². The standard InChI is InChI=1S/C15H19NO3/c1-3-14(17)7-11(2)13-6-4-5-12(8-13)9-19-10-15(16)18/h4-8H,3,9-10H2,1-2H3,(H2,16,18)/b11-7+. The largest absolute Gasteiger partial charge is 0.368 e. The van der Waals surface area contributed by atoms with Crippen molar-refractivity contribution < 1.29 is 14.3 Å². The first kappa shape index (κ1) is 15.1. The number of benzene rings is 1. The molecule has 0 spiro atoms. The summed E-state index contributed by atoms with van der Waals surface area (Å²) in [6.07, 6.45) is 2.14. The van der Waals surface area contributed by atoms with Gasteiger partial charge in [-0.05, 0) is 35.8 Å². The van der Waals surface area contributed by atoms with Gasteiger partial charge in [0.2, 0.25) is 5.91 Å². The molecule has 0 aliphatic rings. The molecule has 1 aromatic carbocycles. The number of rotatable bonds is 7. The quantitative estimate of drug-likeness (QED) is 0.764. The number of hydrogen-bond acceptors (Lipinski definition) is 3. The first-order valence-corrected chi connectivity index (χ1v) is 6.19. The van der Waals surface area contributed by atoms with Crippen molar-refractivity contribution in [3.8, 4) is 0 Å². The van der Waals surface area contributed by atoms with Crippen molar-refractivity contribution in [2.45, 2.75) is 26.9 Å². The average Bonchev–Trinajstić information content (AvgIpc) is 2.38. The number of allylic oxidation sites excluding steroid dienone is 2. The highest BCUT2D eigenvalue weighted by Gasteiger charge is 2.02. The van der Waals surface area contributed by atoms with Gasteiger partial charge in [0.15, 0.2) is 5.78 Å². The molecule has 0 bridgehead atoms. The number of amides is 1. The number of ketones is 1. The van der Waals surface area contributed by atoms with Gasteiger partial charge in [-0.15, -0.1) is 0 Å². The second-order valence-corrected chi connectivity index (χ2v) is 4.31. The zero-order valence-electron chi connectivity index (χ0n) is 11.3. The highest BCUT2D eigenvalue weighted by molar-refractivity contribution is 5.96. The highest BCUT2D eigenvalue weighted by Crippen LogP contribution is 2.16. The lowest BCUT2D eigenvalue weighted by Gasteiger charge is -2.06. The molecule has 0 aromatic heterocycles. The van der Waals surface area contributed by atoms with Gasteiger partial charge in [0.25, 0.3) is 0 Å². The molecule has 0 fully saturated rings. The van der Waals surface area contributed by atoms with E-state index in [2.05, 4.69) is 0 Å². The summed E-state index contributed by atoms with van der Waals surface area (Å²) in [4.78, 5) is 21.9.